The Labute approximate surface area is 159 Å². The number of ether oxygens (including phenoxy) is 2. The van der Waals surface area contributed by atoms with Gasteiger partial charge in [0.15, 0.2) is 23.1 Å². The topological polar surface area (TPSA) is 47.2 Å². The zero-order chi connectivity index (χ0) is 19.3. The zero-order valence-corrected chi connectivity index (χ0v) is 14.9. The minimum absolute atomic E-state index is 0.142. The van der Waals surface area contributed by atoms with Gasteiger partial charge in [-0.2, -0.15) is 5.10 Å². The number of rotatable bonds is 3. The summed E-state index contributed by atoms with van der Waals surface area (Å²) in [6.45, 7) is 0. The Morgan fingerprint density at radius 2 is 2.00 bits per heavy atom. The van der Waals surface area contributed by atoms with Crippen molar-refractivity contribution in [3.63, 3.8) is 0 Å². The van der Waals surface area contributed by atoms with Crippen molar-refractivity contribution in [3.05, 3.63) is 83.3 Å². The van der Waals surface area contributed by atoms with Gasteiger partial charge in [-0.3, -0.25) is 0 Å². The number of halogens is 2. The fraction of sp³-hybridized carbons (Fsp3) is 0.190. The van der Waals surface area contributed by atoms with Crippen molar-refractivity contribution in [2.75, 3.05) is 7.11 Å². The SMILES string of the molecule is COc1cccc2c1O[C@H](c1ccc(F)c(F)c1)N1N=C(c3ccco3)C[C@@H]21. The van der Waals surface area contributed by atoms with Gasteiger partial charge in [0.1, 0.15) is 11.5 Å². The third kappa shape index (κ3) is 2.54. The molecule has 0 unspecified atom stereocenters. The third-order valence-corrected chi connectivity index (χ3v) is 5.03. The molecule has 0 saturated carbocycles. The van der Waals surface area contributed by atoms with Gasteiger partial charge in [-0.05, 0) is 30.3 Å². The average Bonchev–Trinajstić information content (AvgIpc) is 3.38. The van der Waals surface area contributed by atoms with E-state index >= 15 is 0 Å². The first kappa shape index (κ1) is 16.8. The molecule has 0 amide bonds. The van der Waals surface area contributed by atoms with Crippen LogP contribution in [0.4, 0.5) is 8.78 Å². The van der Waals surface area contributed by atoms with Crippen molar-refractivity contribution >= 4 is 5.71 Å². The lowest BCUT2D eigenvalue weighted by Gasteiger charge is -2.38. The average molecular weight is 382 g/mol. The highest BCUT2D eigenvalue weighted by Gasteiger charge is 2.42. The summed E-state index contributed by atoms with van der Waals surface area (Å²) in [5.41, 5.74) is 2.15. The summed E-state index contributed by atoms with van der Waals surface area (Å²) in [5.74, 6) is -0.0101. The van der Waals surface area contributed by atoms with Crippen LogP contribution in [0.5, 0.6) is 11.5 Å². The van der Waals surface area contributed by atoms with E-state index in [2.05, 4.69) is 0 Å². The molecule has 0 N–H and O–H groups in total. The maximum atomic E-state index is 13.9. The lowest BCUT2D eigenvalue weighted by Crippen LogP contribution is -2.34. The van der Waals surface area contributed by atoms with E-state index in [9.17, 15) is 8.78 Å². The van der Waals surface area contributed by atoms with E-state index < -0.39 is 17.9 Å². The van der Waals surface area contributed by atoms with E-state index in [-0.39, 0.29) is 6.04 Å². The second-order valence-electron chi connectivity index (χ2n) is 6.65. The molecule has 142 valence electrons. The molecule has 1 aromatic heterocycles. The fourth-order valence-electron chi connectivity index (χ4n) is 3.72. The molecule has 0 radical (unpaired) electrons. The molecular formula is C21H16F2N2O3. The number of hydrazone groups is 1. The quantitative estimate of drug-likeness (QED) is 0.652. The summed E-state index contributed by atoms with van der Waals surface area (Å²) in [6, 6.07) is 12.9. The van der Waals surface area contributed by atoms with Gasteiger partial charge in [-0.1, -0.05) is 18.2 Å². The highest BCUT2D eigenvalue weighted by molar-refractivity contribution is 5.99. The maximum absolute atomic E-state index is 13.9. The first-order valence-corrected chi connectivity index (χ1v) is 8.84. The van der Waals surface area contributed by atoms with Gasteiger partial charge in [0.05, 0.1) is 19.4 Å². The molecule has 2 aromatic carbocycles. The number of benzene rings is 2. The molecule has 5 nitrogen and oxygen atoms in total. The largest absolute Gasteiger partial charge is 0.493 e. The molecule has 0 saturated heterocycles. The van der Waals surface area contributed by atoms with Crippen LogP contribution in [-0.2, 0) is 0 Å². The normalized spacial score (nSPS) is 20.2. The monoisotopic (exact) mass is 382 g/mol. The first-order chi connectivity index (χ1) is 13.7. The minimum atomic E-state index is -0.932. The molecule has 7 heteroatoms. The summed E-state index contributed by atoms with van der Waals surface area (Å²) < 4.78 is 44.5. The summed E-state index contributed by atoms with van der Waals surface area (Å²) >= 11 is 0. The van der Waals surface area contributed by atoms with Gasteiger partial charge in [-0.15, -0.1) is 0 Å². The van der Waals surface area contributed by atoms with Crippen LogP contribution in [0, 0.1) is 11.6 Å². The molecule has 0 aliphatic carbocycles. The number of hydrogen-bond acceptors (Lipinski definition) is 5. The molecule has 2 atom stereocenters. The van der Waals surface area contributed by atoms with Crippen molar-refractivity contribution in [1.29, 1.82) is 0 Å². The zero-order valence-electron chi connectivity index (χ0n) is 14.9. The predicted octanol–water partition coefficient (Wildman–Crippen LogP) is 4.81. The Kier molecular flexibility index (Phi) is 3.82. The second-order valence-corrected chi connectivity index (χ2v) is 6.65. The van der Waals surface area contributed by atoms with Gasteiger partial charge in [0.25, 0.3) is 0 Å². The van der Waals surface area contributed by atoms with E-state index in [0.29, 0.717) is 29.2 Å². The van der Waals surface area contributed by atoms with Crippen molar-refractivity contribution in [2.45, 2.75) is 18.7 Å². The van der Waals surface area contributed by atoms with Gasteiger partial charge in [-0.25, -0.2) is 13.8 Å². The molecule has 0 spiro atoms. The summed E-state index contributed by atoms with van der Waals surface area (Å²) in [6.07, 6.45) is 1.46. The van der Waals surface area contributed by atoms with E-state index in [1.54, 1.807) is 30.5 Å². The minimum Gasteiger partial charge on any atom is -0.493 e. The lowest BCUT2D eigenvalue weighted by atomic mass is 9.97. The number of nitrogens with zero attached hydrogens (tertiary/aromatic N) is 2. The van der Waals surface area contributed by atoms with E-state index in [0.717, 1.165) is 23.4 Å². The van der Waals surface area contributed by atoms with Crippen LogP contribution in [0.2, 0.25) is 0 Å². The third-order valence-electron chi connectivity index (χ3n) is 5.03. The molecule has 28 heavy (non-hydrogen) atoms. The van der Waals surface area contributed by atoms with Crippen molar-refractivity contribution in [3.8, 4) is 11.5 Å². The Bertz CT molecular complexity index is 1070. The second kappa shape index (κ2) is 6.37. The van der Waals surface area contributed by atoms with Crippen LogP contribution in [0.1, 0.15) is 35.6 Å². The Hall–Kier alpha value is -3.35. The summed E-state index contributed by atoms with van der Waals surface area (Å²) in [7, 11) is 1.57. The molecule has 0 bridgehead atoms. The van der Waals surface area contributed by atoms with Gasteiger partial charge >= 0.3 is 0 Å². The highest BCUT2D eigenvalue weighted by Crippen LogP contribution is 2.50. The number of para-hydroxylation sites is 1. The lowest BCUT2D eigenvalue weighted by molar-refractivity contribution is -0.0211. The summed E-state index contributed by atoms with van der Waals surface area (Å²) in [4.78, 5) is 0. The molecule has 3 aromatic rings. The molecular weight excluding hydrogens is 366 g/mol. The van der Waals surface area contributed by atoms with Crippen molar-refractivity contribution in [2.24, 2.45) is 5.10 Å². The number of furan rings is 1. The van der Waals surface area contributed by atoms with E-state index in [4.69, 9.17) is 19.0 Å². The van der Waals surface area contributed by atoms with Crippen LogP contribution in [0.25, 0.3) is 0 Å². The van der Waals surface area contributed by atoms with Crippen LogP contribution in [0.15, 0.2) is 64.3 Å². The smallest absolute Gasteiger partial charge is 0.214 e. The van der Waals surface area contributed by atoms with Crippen molar-refractivity contribution in [1.82, 2.24) is 5.01 Å². The van der Waals surface area contributed by atoms with Gasteiger partial charge in [0.2, 0.25) is 6.23 Å². The van der Waals surface area contributed by atoms with Crippen LogP contribution in [0.3, 0.4) is 0 Å². The first-order valence-electron chi connectivity index (χ1n) is 8.84. The Morgan fingerprint density at radius 1 is 1.11 bits per heavy atom. The summed E-state index contributed by atoms with van der Waals surface area (Å²) in [5, 5.41) is 6.46. The van der Waals surface area contributed by atoms with Crippen LogP contribution < -0.4 is 9.47 Å². The highest BCUT2D eigenvalue weighted by atomic mass is 19.2. The number of fused-ring (bicyclic) bond motifs is 3. The van der Waals surface area contributed by atoms with E-state index in [1.807, 2.05) is 18.2 Å². The molecule has 5 rings (SSSR count). The molecule has 2 aliphatic heterocycles. The Morgan fingerprint density at radius 3 is 2.75 bits per heavy atom. The van der Waals surface area contributed by atoms with E-state index in [1.165, 1.54) is 6.07 Å². The molecule has 3 heterocycles. The number of hydrogen-bond donors (Lipinski definition) is 0. The Balaban J connectivity index is 1.64. The molecule has 0 fully saturated rings. The fourth-order valence-corrected chi connectivity index (χ4v) is 3.72. The van der Waals surface area contributed by atoms with Gasteiger partial charge < -0.3 is 13.9 Å². The standard InChI is InChI=1S/C21H16F2N2O3/c1-26-19-5-2-4-13-17-11-16(18-6-3-9-27-18)24-25(17)21(28-20(13)19)12-7-8-14(22)15(23)10-12/h2-10,17,21H,11H2,1H3/t17-,21+/m0/s1. The molecule has 2 aliphatic rings. The van der Waals surface area contributed by atoms with Crippen LogP contribution in [-0.4, -0.2) is 17.8 Å². The van der Waals surface area contributed by atoms with Gasteiger partial charge in [0, 0.05) is 17.5 Å². The number of methoxy groups -OCH3 is 1. The van der Waals surface area contributed by atoms with Crippen LogP contribution >= 0.6 is 0 Å². The predicted molar refractivity (Wildman–Crippen MR) is 97.2 cm³/mol. The van der Waals surface area contributed by atoms with Crippen molar-refractivity contribution < 1.29 is 22.7 Å². The maximum Gasteiger partial charge on any atom is 0.214 e.